The van der Waals surface area contributed by atoms with E-state index in [4.69, 9.17) is 10.5 Å². The summed E-state index contributed by atoms with van der Waals surface area (Å²) in [6.45, 7) is 4.42. The van der Waals surface area contributed by atoms with Gasteiger partial charge in [-0.2, -0.15) is 0 Å². The second kappa shape index (κ2) is 6.61. The van der Waals surface area contributed by atoms with E-state index in [1.165, 1.54) is 5.56 Å². The molecule has 1 aromatic carbocycles. The summed E-state index contributed by atoms with van der Waals surface area (Å²) in [5, 5.41) is 2.99. The summed E-state index contributed by atoms with van der Waals surface area (Å²) in [5.41, 5.74) is 7.77. The molecule has 2 rings (SSSR count). The van der Waals surface area contributed by atoms with E-state index < -0.39 is 0 Å². The van der Waals surface area contributed by atoms with Crippen LogP contribution in [0.4, 0.5) is 5.69 Å². The standard InChI is InChI=1S/C15H23N3O2/c1-11(19)17-14-3-5-18(6-4-14)10-12-7-13(16)9-15(8-12)20-2/h7-9,14H,3-6,10,16H2,1-2H3,(H,17,19). The zero-order valence-electron chi connectivity index (χ0n) is 12.2. The molecule has 1 heterocycles. The summed E-state index contributed by atoms with van der Waals surface area (Å²) in [7, 11) is 1.65. The van der Waals surface area contributed by atoms with Crippen LogP contribution < -0.4 is 15.8 Å². The molecule has 1 saturated heterocycles. The third kappa shape index (κ3) is 4.13. The molecule has 5 heteroatoms. The van der Waals surface area contributed by atoms with E-state index in [2.05, 4.69) is 10.2 Å². The fraction of sp³-hybridized carbons (Fsp3) is 0.533. The minimum atomic E-state index is 0.0593. The summed E-state index contributed by atoms with van der Waals surface area (Å²) in [4.78, 5) is 13.4. The highest BCUT2D eigenvalue weighted by molar-refractivity contribution is 5.73. The quantitative estimate of drug-likeness (QED) is 0.816. The number of nitrogens with one attached hydrogen (secondary N) is 1. The van der Waals surface area contributed by atoms with Crippen molar-refractivity contribution in [1.29, 1.82) is 0 Å². The van der Waals surface area contributed by atoms with Crippen molar-refractivity contribution < 1.29 is 9.53 Å². The second-order valence-corrected chi connectivity index (χ2v) is 5.37. The summed E-state index contributed by atoms with van der Waals surface area (Å²) in [5.74, 6) is 0.858. The first-order chi connectivity index (χ1) is 9.56. The van der Waals surface area contributed by atoms with E-state index in [-0.39, 0.29) is 5.91 Å². The highest BCUT2D eigenvalue weighted by atomic mass is 16.5. The summed E-state index contributed by atoms with van der Waals surface area (Å²) in [6, 6.07) is 6.16. The van der Waals surface area contributed by atoms with Crippen molar-refractivity contribution in [2.45, 2.75) is 32.4 Å². The number of piperidine rings is 1. The molecule has 1 aromatic rings. The molecule has 0 aliphatic carbocycles. The van der Waals surface area contributed by atoms with Crippen molar-refractivity contribution in [3.63, 3.8) is 0 Å². The molecule has 0 atom stereocenters. The van der Waals surface area contributed by atoms with Crippen molar-refractivity contribution in [3.05, 3.63) is 23.8 Å². The number of rotatable bonds is 4. The minimum Gasteiger partial charge on any atom is -0.497 e. The van der Waals surface area contributed by atoms with E-state index in [1.807, 2.05) is 18.2 Å². The van der Waals surface area contributed by atoms with Gasteiger partial charge in [0.1, 0.15) is 5.75 Å². The number of methoxy groups -OCH3 is 1. The van der Waals surface area contributed by atoms with Crippen LogP contribution in [0.5, 0.6) is 5.75 Å². The number of carbonyl (C=O) groups is 1. The minimum absolute atomic E-state index is 0.0593. The Kier molecular flexibility index (Phi) is 4.84. The van der Waals surface area contributed by atoms with Crippen LogP contribution in [-0.2, 0) is 11.3 Å². The van der Waals surface area contributed by atoms with E-state index >= 15 is 0 Å². The molecule has 0 saturated carbocycles. The van der Waals surface area contributed by atoms with Gasteiger partial charge in [-0.3, -0.25) is 9.69 Å². The first kappa shape index (κ1) is 14.7. The monoisotopic (exact) mass is 277 g/mol. The van der Waals surface area contributed by atoms with Gasteiger partial charge in [-0.05, 0) is 30.5 Å². The normalized spacial score (nSPS) is 16.9. The Morgan fingerprint density at radius 1 is 1.40 bits per heavy atom. The van der Waals surface area contributed by atoms with Crippen LogP contribution in [-0.4, -0.2) is 37.0 Å². The third-order valence-electron chi connectivity index (χ3n) is 3.63. The van der Waals surface area contributed by atoms with Gasteiger partial charge in [0.05, 0.1) is 7.11 Å². The molecule has 0 radical (unpaired) electrons. The molecular formula is C15H23N3O2. The Morgan fingerprint density at radius 3 is 2.70 bits per heavy atom. The third-order valence-corrected chi connectivity index (χ3v) is 3.63. The lowest BCUT2D eigenvalue weighted by Crippen LogP contribution is -2.43. The number of likely N-dealkylation sites (tertiary alicyclic amines) is 1. The molecule has 1 aliphatic rings. The lowest BCUT2D eigenvalue weighted by atomic mass is 10.0. The molecular weight excluding hydrogens is 254 g/mol. The zero-order chi connectivity index (χ0) is 14.5. The molecule has 1 aliphatic heterocycles. The van der Waals surface area contributed by atoms with Crippen molar-refractivity contribution in [2.24, 2.45) is 0 Å². The van der Waals surface area contributed by atoms with Gasteiger partial charge in [-0.25, -0.2) is 0 Å². The summed E-state index contributed by atoms with van der Waals surface area (Å²) in [6.07, 6.45) is 2.00. The predicted molar refractivity (Wildman–Crippen MR) is 79.5 cm³/mol. The largest absolute Gasteiger partial charge is 0.497 e. The SMILES string of the molecule is COc1cc(N)cc(CN2CCC(NC(C)=O)CC2)c1. The van der Waals surface area contributed by atoms with Gasteiger partial charge in [0.25, 0.3) is 0 Å². The number of carbonyl (C=O) groups excluding carboxylic acids is 1. The predicted octanol–water partition coefficient (Wildman–Crippen LogP) is 1.38. The van der Waals surface area contributed by atoms with Gasteiger partial charge in [0.15, 0.2) is 0 Å². The van der Waals surface area contributed by atoms with Crippen molar-refractivity contribution in [2.75, 3.05) is 25.9 Å². The summed E-state index contributed by atoms with van der Waals surface area (Å²) >= 11 is 0. The number of hydrogen-bond acceptors (Lipinski definition) is 4. The highest BCUT2D eigenvalue weighted by Gasteiger charge is 2.19. The van der Waals surface area contributed by atoms with Gasteiger partial charge < -0.3 is 15.8 Å². The fourth-order valence-corrected chi connectivity index (χ4v) is 2.68. The van der Waals surface area contributed by atoms with Crippen molar-refractivity contribution in [1.82, 2.24) is 10.2 Å². The number of benzene rings is 1. The zero-order valence-corrected chi connectivity index (χ0v) is 12.2. The first-order valence-corrected chi connectivity index (χ1v) is 6.99. The Hall–Kier alpha value is -1.75. The lowest BCUT2D eigenvalue weighted by molar-refractivity contribution is -0.119. The second-order valence-electron chi connectivity index (χ2n) is 5.37. The number of nitrogens with zero attached hydrogens (tertiary/aromatic N) is 1. The molecule has 1 fully saturated rings. The van der Waals surface area contributed by atoms with Gasteiger partial charge in [-0.1, -0.05) is 0 Å². The van der Waals surface area contributed by atoms with Gasteiger partial charge in [0, 0.05) is 44.4 Å². The Balaban J connectivity index is 1.89. The highest BCUT2D eigenvalue weighted by Crippen LogP contribution is 2.21. The number of anilines is 1. The molecule has 3 N–H and O–H groups in total. The Labute approximate surface area is 120 Å². The maximum Gasteiger partial charge on any atom is 0.217 e. The number of ether oxygens (including phenoxy) is 1. The number of hydrogen-bond donors (Lipinski definition) is 2. The van der Waals surface area contributed by atoms with Gasteiger partial charge in [-0.15, -0.1) is 0 Å². The molecule has 0 bridgehead atoms. The van der Waals surface area contributed by atoms with E-state index in [1.54, 1.807) is 14.0 Å². The fourth-order valence-electron chi connectivity index (χ4n) is 2.68. The molecule has 0 unspecified atom stereocenters. The van der Waals surface area contributed by atoms with Gasteiger partial charge >= 0.3 is 0 Å². The van der Waals surface area contributed by atoms with Crippen LogP contribution in [0.1, 0.15) is 25.3 Å². The maximum absolute atomic E-state index is 11.0. The topological polar surface area (TPSA) is 67.6 Å². The van der Waals surface area contributed by atoms with Crippen molar-refractivity contribution >= 4 is 11.6 Å². The number of nitrogen functional groups attached to an aromatic ring is 1. The van der Waals surface area contributed by atoms with Crippen LogP contribution in [0.2, 0.25) is 0 Å². The smallest absolute Gasteiger partial charge is 0.217 e. The molecule has 110 valence electrons. The van der Waals surface area contributed by atoms with Crippen LogP contribution in [0.15, 0.2) is 18.2 Å². The Bertz CT molecular complexity index is 468. The molecule has 5 nitrogen and oxygen atoms in total. The molecule has 0 aromatic heterocycles. The van der Waals surface area contributed by atoms with E-state index in [9.17, 15) is 4.79 Å². The van der Waals surface area contributed by atoms with E-state index in [0.717, 1.165) is 43.9 Å². The first-order valence-electron chi connectivity index (χ1n) is 6.99. The average Bonchev–Trinajstić information content (AvgIpc) is 2.39. The Morgan fingerprint density at radius 2 is 2.10 bits per heavy atom. The van der Waals surface area contributed by atoms with Crippen LogP contribution in [0.3, 0.4) is 0 Å². The molecule has 0 spiro atoms. The molecule has 1 amide bonds. The maximum atomic E-state index is 11.0. The van der Waals surface area contributed by atoms with Crippen LogP contribution >= 0.6 is 0 Å². The van der Waals surface area contributed by atoms with Gasteiger partial charge in [0.2, 0.25) is 5.91 Å². The number of nitrogens with two attached hydrogens (primary N) is 1. The van der Waals surface area contributed by atoms with Crippen LogP contribution in [0, 0.1) is 0 Å². The average molecular weight is 277 g/mol. The lowest BCUT2D eigenvalue weighted by Gasteiger charge is -2.32. The molecule has 20 heavy (non-hydrogen) atoms. The van der Waals surface area contributed by atoms with Crippen LogP contribution in [0.25, 0.3) is 0 Å². The summed E-state index contributed by atoms with van der Waals surface area (Å²) < 4.78 is 5.24. The van der Waals surface area contributed by atoms with E-state index in [0.29, 0.717) is 6.04 Å². The van der Waals surface area contributed by atoms with Crippen molar-refractivity contribution in [3.8, 4) is 5.75 Å². The number of amides is 1.